The van der Waals surface area contributed by atoms with Crippen molar-refractivity contribution >= 4 is 11.8 Å². The van der Waals surface area contributed by atoms with Gasteiger partial charge in [0.1, 0.15) is 6.04 Å². The van der Waals surface area contributed by atoms with Crippen LogP contribution in [0, 0.1) is 12.8 Å². The van der Waals surface area contributed by atoms with Crippen LogP contribution in [-0.2, 0) is 29.0 Å². The zero-order valence-corrected chi connectivity index (χ0v) is 24.6. The van der Waals surface area contributed by atoms with Gasteiger partial charge in [0.25, 0.3) is 0 Å². The summed E-state index contributed by atoms with van der Waals surface area (Å²) in [5, 5.41) is 3.09. The molecular formula is C34H44N2O4. The second-order valence-electron chi connectivity index (χ2n) is 10.5. The van der Waals surface area contributed by atoms with Crippen molar-refractivity contribution in [3.8, 4) is 11.5 Å². The van der Waals surface area contributed by atoms with E-state index in [2.05, 4.69) is 25.2 Å². The van der Waals surface area contributed by atoms with Gasteiger partial charge < -0.3 is 19.7 Å². The molecule has 214 valence electrons. The van der Waals surface area contributed by atoms with Gasteiger partial charge in [0.05, 0.1) is 13.2 Å². The van der Waals surface area contributed by atoms with E-state index >= 15 is 0 Å². The van der Waals surface area contributed by atoms with Gasteiger partial charge in [-0.15, -0.1) is 0 Å². The molecule has 0 aliphatic carbocycles. The Hall–Kier alpha value is -3.80. The first-order valence-electron chi connectivity index (χ1n) is 14.4. The molecule has 0 radical (unpaired) electrons. The maximum absolute atomic E-state index is 14.0. The molecule has 1 N–H and O–H groups in total. The molecule has 40 heavy (non-hydrogen) atoms. The average Bonchev–Trinajstić information content (AvgIpc) is 2.94. The summed E-state index contributed by atoms with van der Waals surface area (Å²) in [4.78, 5) is 29.3. The first-order chi connectivity index (χ1) is 19.3. The summed E-state index contributed by atoms with van der Waals surface area (Å²) in [5.74, 6) is 1.50. The van der Waals surface area contributed by atoms with Gasteiger partial charge in [-0.05, 0) is 61.9 Å². The summed E-state index contributed by atoms with van der Waals surface area (Å²) >= 11 is 0. The first kappa shape index (κ1) is 30.7. The van der Waals surface area contributed by atoms with Gasteiger partial charge in [0.2, 0.25) is 11.8 Å². The maximum Gasteiger partial charge on any atom is 0.243 e. The number of carbonyl (C=O) groups is 2. The van der Waals surface area contributed by atoms with Crippen molar-refractivity contribution < 1.29 is 19.1 Å². The van der Waals surface area contributed by atoms with Crippen molar-refractivity contribution in [2.75, 3.05) is 19.8 Å². The monoisotopic (exact) mass is 544 g/mol. The van der Waals surface area contributed by atoms with Gasteiger partial charge >= 0.3 is 0 Å². The van der Waals surface area contributed by atoms with Crippen molar-refractivity contribution in [2.24, 2.45) is 5.92 Å². The third-order valence-corrected chi connectivity index (χ3v) is 6.63. The lowest BCUT2D eigenvalue weighted by Crippen LogP contribution is -2.51. The lowest BCUT2D eigenvalue weighted by Gasteiger charge is -2.32. The molecule has 6 nitrogen and oxygen atoms in total. The molecule has 2 amide bonds. The van der Waals surface area contributed by atoms with E-state index in [1.54, 1.807) is 4.90 Å². The van der Waals surface area contributed by atoms with Crippen LogP contribution >= 0.6 is 0 Å². The van der Waals surface area contributed by atoms with E-state index in [1.807, 2.05) is 87.5 Å². The Labute approximate surface area is 239 Å². The summed E-state index contributed by atoms with van der Waals surface area (Å²) in [6.45, 7) is 12.0. The highest BCUT2D eigenvalue weighted by Crippen LogP contribution is 2.29. The molecule has 3 rings (SSSR count). The first-order valence-corrected chi connectivity index (χ1v) is 14.4. The Bertz CT molecular complexity index is 1230. The zero-order valence-electron chi connectivity index (χ0n) is 24.6. The number of carbonyl (C=O) groups excluding carboxylic acids is 2. The lowest BCUT2D eigenvalue weighted by molar-refractivity contribution is -0.141. The van der Waals surface area contributed by atoms with Gasteiger partial charge in [-0.1, -0.05) is 80.1 Å². The van der Waals surface area contributed by atoms with Crippen molar-refractivity contribution in [2.45, 2.75) is 66.5 Å². The van der Waals surface area contributed by atoms with E-state index in [0.717, 1.165) is 22.3 Å². The van der Waals surface area contributed by atoms with E-state index < -0.39 is 6.04 Å². The SMILES string of the molecule is CCOc1ccc(CCC(=O)N(Cc2cccc(C)c2)[C@@H](Cc2ccccc2)C(=O)NCC(C)C)cc1OCC. The Balaban J connectivity index is 1.89. The summed E-state index contributed by atoms with van der Waals surface area (Å²) in [6, 6.07) is 23.2. The molecule has 0 aliphatic rings. The minimum Gasteiger partial charge on any atom is -0.490 e. The average molecular weight is 545 g/mol. The van der Waals surface area contributed by atoms with Crippen LogP contribution < -0.4 is 14.8 Å². The van der Waals surface area contributed by atoms with Crippen LogP contribution in [-0.4, -0.2) is 42.5 Å². The fourth-order valence-electron chi connectivity index (χ4n) is 4.63. The third kappa shape index (κ3) is 9.44. The maximum atomic E-state index is 14.0. The summed E-state index contributed by atoms with van der Waals surface area (Å²) < 4.78 is 11.5. The molecule has 6 heteroatoms. The van der Waals surface area contributed by atoms with E-state index in [0.29, 0.717) is 56.6 Å². The Morgan fingerprint density at radius 2 is 1.52 bits per heavy atom. The van der Waals surface area contributed by atoms with E-state index in [1.165, 1.54) is 0 Å². The number of hydrogen-bond acceptors (Lipinski definition) is 4. The summed E-state index contributed by atoms with van der Waals surface area (Å²) in [5.41, 5.74) is 4.12. The number of aryl methyl sites for hydroxylation is 2. The van der Waals surface area contributed by atoms with E-state index in [4.69, 9.17) is 9.47 Å². The van der Waals surface area contributed by atoms with Crippen molar-refractivity contribution in [3.63, 3.8) is 0 Å². The molecule has 3 aromatic rings. The Kier molecular flexibility index (Phi) is 12.1. The standard InChI is InChI=1S/C34H44N2O4/c1-6-39-31-18-16-28(22-32(31)40-7-2)17-19-33(37)36(24-29-15-11-12-26(5)20-29)30(34(38)35-23-25(3)4)21-27-13-9-8-10-14-27/h8-16,18,20,22,25,30H,6-7,17,19,21,23-24H2,1-5H3,(H,35,38)/t30-/m0/s1. The molecule has 0 saturated carbocycles. The molecule has 0 heterocycles. The molecule has 1 atom stereocenters. The summed E-state index contributed by atoms with van der Waals surface area (Å²) in [6.07, 6.45) is 1.25. The Morgan fingerprint density at radius 3 is 2.20 bits per heavy atom. The normalized spacial score (nSPS) is 11.7. The highest BCUT2D eigenvalue weighted by Gasteiger charge is 2.30. The number of benzene rings is 3. The largest absolute Gasteiger partial charge is 0.490 e. The van der Waals surface area contributed by atoms with Crippen molar-refractivity contribution in [1.82, 2.24) is 10.2 Å². The molecule has 0 aromatic heterocycles. The number of nitrogens with zero attached hydrogens (tertiary/aromatic N) is 1. The van der Waals surface area contributed by atoms with Crippen molar-refractivity contribution in [3.05, 3.63) is 95.1 Å². The van der Waals surface area contributed by atoms with Crippen LogP contribution in [0.15, 0.2) is 72.8 Å². The van der Waals surface area contributed by atoms with Gasteiger partial charge in [0.15, 0.2) is 11.5 Å². The minimum atomic E-state index is -0.631. The molecule has 0 spiro atoms. The van der Waals surface area contributed by atoms with Crippen LogP contribution in [0.3, 0.4) is 0 Å². The number of nitrogens with one attached hydrogen (secondary N) is 1. The zero-order chi connectivity index (χ0) is 28.9. The molecule has 0 fully saturated rings. The van der Waals surface area contributed by atoms with Crippen LogP contribution in [0.1, 0.15) is 56.4 Å². The minimum absolute atomic E-state index is 0.0611. The second-order valence-corrected chi connectivity index (χ2v) is 10.5. The molecule has 3 aromatic carbocycles. The molecular weight excluding hydrogens is 500 g/mol. The third-order valence-electron chi connectivity index (χ3n) is 6.63. The second kappa shape index (κ2) is 15.7. The van der Waals surface area contributed by atoms with Crippen LogP contribution in [0.2, 0.25) is 0 Å². The van der Waals surface area contributed by atoms with E-state index in [-0.39, 0.29) is 18.2 Å². The van der Waals surface area contributed by atoms with Gasteiger partial charge in [-0.2, -0.15) is 0 Å². The number of ether oxygens (including phenoxy) is 2. The van der Waals surface area contributed by atoms with E-state index in [9.17, 15) is 9.59 Å². The highest BCUT2D eigenvalue weighted by atomic mass is 16.5. The topological polar surface area (TPSA) is 67.9 Å². The lowest BCUT2D eigenvalue weighted by atomic mass is 10.0. The molecule has 0 saturated heterocycles. The number of hydrogen-bond donors (Lipinski definition) is 1. The van der Waals surface area contributed by atoms with Crippen LogP contribution in [0.4, 0.5) is 0 Å². The van der Waals surface area contributed by atoms with Crippen LogP contribution in [0.5, 0.6) is 11.5 Å². The van der Waals surface area contributed by atoms with Crippen LogP contribution in [0.25, 0.3) is 0 Å². The Morgan fingerprint density at radius 1 is 0.825 bits per heavy atom. The predicted octanol–water partition coefficient (Wildman–Crippen LogP) is 6.14. The highest BCUT2D eigenvalue weighted by molar-refractivity contribution is 5.88. The molecule has 0 aliphatic heterocycles. The fourth-order valence-corrected chi connectivity index (χ4v) is 4.63. The predicted molar refractivity (Wildman–Crippen MR) is 161 cm³/mol. The summed E-state index contributed by atoms with van der Waals surface area (Å²) in [7, 11) is 0. The quantitative estimate of drug-likeness (QED) is 0.250. The van der Waals surface area contributed by atoms with Gasteiger partial charge in [-0.3, -0.25) is 9.59 Å². The molecule has 0 unspecified atom stereocenters. The van der Waals surface area contributed by atoms with Gasteiger partial charge in [0, 0.05) is 25.9 Å². The fraction of sp³-hybridized carbons (Fsp3) is 0.412. The van der Waals surface area contributed by atoms with Gasteiger partial charge in [-0.25, -0.2) is 0 Å². The smallest absolute Gasteiger partial charge is 0.243 e. The number of amides is 2. The number of rotatable bonds is 15. The van der Waals surface area contributed by atoms with Crippen molar-refractivity contribution in [1.29, 1.82) is 0 Å². The molecule has 0 bridgehead atoms.